The van der Waals surface area contributed by atoms with Crippen LogP contribution in [0.2, 0.25) is 0 Å². The lowest BCUT2D eigenvalue weighted by Gasteiger charge is -2.12. The lowest BCUT2D eigenvalue weighted by Crippen LogP contribution is -2.36. The molecule has 0 saturated carbocycles. The van der Waals surface area contributed by atoms with Crippen molar-refractivity contribution in [1.29, 1.82) is 0 Å². The van der Waals surface area contributed by atoms with Gasteiger partial charge in [-0.2, -0.15) is 8.42 Å². The number of para-hydroxylation sites is 1. The highest BCUT2D eigenvalue weighted by molar-refractivity contribution is 7.91. The Morgan fingerprint density at radius 1 is 1.45 bits per heavy atom. The summed E-state index contributed by atoms with van der Waals surface area (Å²) >= 11 is 0. The molecule has 1 aromatic rings. The summed E-state index contributed by atoms with van der Waals surface area (Å²) in [4.78, 5) is 11.1. The predicted molar refractivity (Wildman–Crippen MR) is 71.7 cm³/mol. The van der Waals surface area contributed by atoms with Crippen molar-refractivity contribution >= 4 is 27.8 Å². The second-order valence-corrected chi connectivity index (χ2v) is 4.87. The maximum absolute atomic E-state index is 11.7. The van der Waals surface area contributed by atoms with E-state index in [1.54, 1.807) is 10.8 Å². The quantitative estimate of drug-likeness (QED) is 0.264. The summed E-state index contributed by atoms with van der Waals surface area (Å²) in [7, 11) is -4.19. The normalized spacial score (nSPS) is 11.8. The van der Waals surface area contributed by atoms with Gasteiger partial charge in [-0.3, -0.25) is 4.72 Å². The van der Waals surface area contributed by atoms with Crippen LogP contribution in [-0.2, 0) is 14.9 Å². The first-order valence-electron chi connectivity index (χ1n) is 5.44. The van der Waals surface area contributed by atoms with E-state index < -0.39 is 16.3 Å². The Bertz CT molecular complexity index is 614. The minimum absolute atomic E-state index is 0.0298. The number of benzene rings is 1. The topological polar surface area (TPSA) is 143 Å². The first kappa shape index (κ1) is 15.6. The van der Waals surface area contributed by atoms with Gasteiger partial charge in [0.2, 0.25) is 0 Å². The second kappa shape index (κ2) is 6.61. The Labute approximate surface area is 115 Å². The molecule has 0 fully saturated rings. The van der Waals surface area contributed by atoms with Crippen molar-refractivity contribution in [3.63, 3.8) is 0 Å². The molecular formula is C10H14N4O5S. The van der Waals surface area contributed by atoms with Crippen molar-refractivity contribution in [1.82, 2.24) is 4.72 Å². The molecule has 110 valence electrons. The van der Waals surface area contributed by atoms with Crippen LogP contribution < -0.4 is 15.2 Å². The summed E-state index contributed by atoms with van der Waals surface area (Å²) in [5.41, 5.74) is 5.61. The highest BCUT2D eigenvalue weighted by Gasteiger charge is 2.17. The number of hydrogen-bond acceptors (Lipinski definition) is 6. The van der Waals surface area contributed by atoms with E-state index in [0.717, 1.165) is 0 Å². The lowest BCUT2D eigenvalue weighted by atomic mass is 10.2. The molecule has 0 heterocycles. The molecule has 0 aromatic heterocycles. The zero-order chi connectivity index (χ0) is 15.2. The minimum atomic E-state index is -4.19. The van der Waals surface area contributed by atoms with E-state index in [0.29, 0.717) is 0 Å². The lowest BCUT2D eigenvalue weighted by molar-refractivity contribution is 0.159. The third kappa shape index (κ3) is 4.31. The van der Waals surface area contributed by atoms with Gasteiger partial charge >= 0.3 is 16.3 Å². The zero-order valence-electron chi connectivity index (χ0n) is 10.5. The fourth-order valence-electron chi connectivity index (χ4n) is 1.29. The van der Waals surface area contributed by atoms with E-state index in [-0.39, 0.29) is 23.7 Å². The van der Waals surface area contributed by atoms with Crippen LogP contribution in [0.4, 0.5) is 10.5 Å². The van der Waals surface area contributed by atoms with E-state index >= 15 is 0 Å². The number of nitrogens with two attached hydrogens (primary N) is 1. The van der Waals surface area contributed by atoms with Gasteiger partial charge < -0.3 is 15.7 Å². The molecule has 10 heteroatoms. The van der Waals surface area contributed by atoms with E-state index in [2.05, 4.69) is 14.6 Å². The molecule has 0 aliphatic carbocycles. The maximum atomic E-state index is 11.7. The second-order valence-electron chi connectivity index (χ2n) is 3.46. The van der Waals surface area contributed by atoms with Crippen LogP contribution in [0.1, 0.15) is 12.5 Å². The molecule has 1 amide bonds. The molecule has 0 spiro atoms. The number of oxime groups is 1. The van der Waals surface area contributed by atoms with Gasteiger partial charge in [-0.1, -0.05) is 17.3 Å². The fourth-order valence-corrected chi connectivity index (χ4v) is 2.09. The molecule has 0 unspecified atom stereocenters. The van der Waals surface area contributed by atoms with Gasteiger partial charge in [-0.05, 0) is 19.1 Å². The molecule has 0 atom stereocenters. The Balaban J connectivity index is 2.96. The average Bonchev–Trinajstić information content (AvgIpc) is 2.37. The van der Waals surface area contributed by atoms with E-state index in [9.17, 15) is 13.2 Å². The minimum Gasteiger partial charge on any atom is -0.449 e. The van der Waals surface area contributed by atoms with Crippen molar-refractivity contribution in [2.24, 2.45) is 10.9 Å². The Kier molecular flexibility index (Phi) is 5.15. The van der Waals surface area contributed by atoms with Crippen LogP contribution >= 0.6 is 0 Å². The summed E-state index contributed by atoms with van der Waals surface area (Å²) in [6, 6.07) is 5.94. The Morgan fingerprint density at radius 2 is 2.10 bits per heavy atom. The van der Waals surface area contributed by atoms with E-state index in [1.807, 2.05) is 0 Å². The molecule has 1 rings (SSSR count). The van der Waals surface area contributed by atoms with Gasteiger partial charge in [0, 0.05) is 5.56 Å². The molecule has 9 nitrogen and oxygen atoms in total. The van der Waals surface area contributed by atoms with E-state index in [4.69, 9.17) is 10.9 Å². The average molecular weight is 302 g/mol. The third-order valence-electron chi connectivity index (χ3n) is 2.05. The fraction of sp³-hybridized carbons (Fsp3) is 0.200. The summed E-state index contributed by atoms with van der Waals surface area (Å²) in [5.74, 6) is -0.278. The van der Waals surface area contributed by atoms with Crippen molar-refractivity contribution in [3.05, 3.63) is 29.8 Å². The van der Waals surface area contributed by atoms with Gasteiger partial charge in [-0.25, -0.2) is 9.52 Å². The molecular weight excluding hydrogens is 288 g/mol. The van der Waals surface area contributed by atoms with Crippen molar-refractivity contribution in [3.8, 4) is 0 Å². The number of hydrogen-bond donors (Lipinski definition) is 4. The van der Waals surface area contributed by atoms with E-state index in [1.165, 1.54) is 25.1 Å². The van der Waals surface area contributed by atoms with Gasteiger partial charge in [-0.15, -0.1) is 0 Å². The van der Waals surface area contributed by atoms with Crippen molar-refractivity contribution in [2.45, 2.75) is 6.92 Å². The van der Waals surface area contributed by atoms with Crippen molar-refractivity contribution < 1.29 is 23.2 Å². The number of anilines is 1. The summed E-state index contributed by atoms with van der Waals surface area (Å²) in [6.07, 6.45) is -1.11. The highest BCUT2D eigenvalue weighted by Crippen LogP contribution is 2.15. The monoisotopic (exact) mass is 302 g/mol. The number of amides is 1. The number of nitrogens with zero attached hydrogens (tertiary/aromatic N) is 1. The number of amidine groups is 1. The van der Waals surface area contributed by atoms with Crippen LogP contribution in [0.5, 0.6) is 0 Å². The van der Waals surface area contributed by atoms with Crippen LogP contribution in [-0.4, -0.2) is 32.2 Å². The number of carbonyl (C=O) groups excluding carboxylic acids is 1. The molecule has 0 aliphatic heterocycles. The van der Waals surface area contributed by atoms with Gasteiger partial charge in [0.1, 0.15) is 0 Å². The van der Waals surface area contributed by atoms with Gasteiger partial charge in [0.25, 0.3) is 0 Å². The molecule has 0 bridgehead atoms. The molecule has 0 aliphatic rings. The molecule has 20 heavy (non-hydrogen) atoms. The summed E-state index contributed by atoms with van der Waals surface area (Å²) in [5, 5.41) is 11.4. The maximum Gasteiger partial charge on any atom is 0.422 e. The number of nitrogens with one attached hydrogen (secondary N) is 2. The highest BCUT2D eigenvalue weighted by atomic mass is 32.2. The first-order chi connectivity index (χ1) is 9.39. The molecule has 0 saturated heterocycles. The van der Waals surface area contributed by atoms with Gasteiger partial charge in [0.15, 0.2) is 5.84 Å². The van der Waals surface area contributed by atoms with Gasteiger partial charge in [0.05, 0.1) is 12.3 Å². The number of carbonyl (C=O) groups is 1. The van der Waals surface area contributed by atoms with Crippen LogP contribution in [0.15, 0.2) is 29.4 Å². The summed E-state index contributed by atoms with van der Waals surface area (Å²) in [6.45, 7) is 1.56. The molecule has 1 aromatic carbocycles. The Morgan fingerprint density at radius 3 is 2.70 bits per heavy atom. The van der Waals surface area contributed by atoms with Crippen LogP contribution in [0, 0.1) is 0 Å². The Hall–Kier alpha value is -2.49. The van der Waals surface area contributed by atoms with Crippen LogP contribution in [0.25, 0.3) is 0 Å². The largest absolute Gasteiger partial charge is 0.449 e. The standard InChI is InChI=1S/C10H14N4O5S/c1-2-19-10(15)14-20(17,18)13-8-6-4-3-5-7(8)9(11)12-16/h3-6,13,16H,2H2,1H3,(H2,11,12)(H,14,15). The van der Waals surface area contributed by atoms with Crippen molar-refractivity contribution in [2.75, 3.05) is 11.3 Å². The third-order valence-corrected chi connectivity index (χ3v) is 2.97. The smallest absolute Gasteiger partial charge is 0.422 e. The summed E-state index contributed by atoms with van der Waals surface area (Å²) < 4.78 is 31.5. The predicted octanol–water partition coefficient (Wildman–Crippen LogP) is 0.184. The number of ether oxygens (including phenoxy) is 1. The molecule has 5 N–H and O–H groups in total. The first-order valence-corrected chi connectivity index (χ1v) is 6.92. The molecule has 0 radical (unpaired) electrons. The SMILES string of the molecule is CCOC(=O)NS(=O)(=O)Nc1ccccc1/C(N)=N/O. The number of rotatable bonds is 5. The van der Waals surface area contributed by atoms with Crippen LogP contribution in [0.3, 0.4) is 0 Å². The zero-order valence-corrected chi connectivity index (χ0v) is 11.3.